The van der Waals surface area contributed by atoms with Gasteiger partial charge in [0.15, 0.2) is 23.0 Å². The average Bonchev–Trinajstić information content (AvgIpc) is 2.75. The molecule has 1 N–H and O–H groups in total. The van der Waals surface area contributed by atoms with Gasteiger partial charge in [-0.25, -0.2) is 5.43 Å². The van der Waals surface area contributed by atoms with E-state index in [9.17, 15) is 4.79 Å². The van der Waals surface area contributed by atoms with Gasteiger partial charge in [-0.2, -0.15) is 5.10 Å². The number of carbonyl (C=O) groups is 1. The van der Waals surface area contributed by atoms with Gasteiger partial charge in [0, 0.05) is 11.1 Å². The van der Waals surface area contributed by atoms with E-state index in [1.165, 1.54) is 13.3 Å². The molecule has 0 unspecified atom stereocenters. The smallest absolute Gasteiger partial charge is 0.271 e. The van der Waals surface area contributed by atoms with Crippen LogP contribution in [0.15, 0.2) is 35.4 Å². The molecule has 0 atom stereocenters. The summed E-state index contributed by atoms with van der Waals surface area (Å²) in [6.45, 7) is 6.87. The number of ether oxygens (including phenoxy) is 5. The average molecular weight is 416 g/mol. The number of hydrogen-bond donors (Lipinski definition) is 1. The number of rotatable bonds is 11. The van der Waals surface area contributed by atoms with Gasteiger partial charge in [-0.3, -0.25) is 4.79 Å². The number of nitrogens with one attached hydrogen (secondary N) is 1. The first kappa shape index (κ1) is 22.9. The van der Waals surface area contributed by atoms with Gasteiger partial charge in [0.05, 0.1) is 40.3 Å². The normalized spacial score (nSPS) is 10.6. The summed E-state index contributed by atoms with van der Waals surface area (Å²) in [4.78, 5) is 12.7. The van der Waals surface area contributed by atoms with E-state index < -0.39 is 5.91 Å². The van der Waals surface area contributed by atoms with E-state index >= 15 is 0 Å². The zero-order valence-corrected chi connectivity index (χ0v) is 18.0. The minimum absolute atomic E-state index is 0.333. The molecule has 0 aliphatic rings. The molecule has 30 heavy (non-hydrogen) atoms. The zero-order valence-electron chi connectivity index (χ0n) is 18.0. The predicted molar refractivity (Wildman–Crippen MR) is 115 cm³/mol. The van der Waals surface area contributed by atoms with Crippen molar-refractivity contribution in [2.75, 3.05) is 34.0 Å². The summed E-state index contributed by atoms with van der Waals surface area (Å²) in [6.07, 6.45) is 1.49. The summed E-state index contributed by atoms with van der Waals surface area (Å²) in [5.41, 5.74) is 3.50. The summed E-state index contributed by atoms with van der Waals surface area (Å²) in [7, 11) is 3.09. The molecule has 2 aromatic rings. The Morgan fingerprint density at radius 1 is 0.900 bits per heavy atom. The standard InChI is InChI=1S/C22H28N2O6/c1-6-28-18-12-16(13-19(29-7-2)21(18)30-8-3)22(25)24-23-14-15-10-9-11-17(26-4)20(15)27-5/h9-14H,6-8H2,1-5H3,(H,24,25)/b23-14-. The molecule has 0 heterocycles. The molecule has 8 heteroatoms. The number of para-hydroxylation sites is 1. The topological polar surface area (TPSA) is 87.6 Å². The van der Waals surface area contributed by atoms with Crippen molar-refractivity contribution < 1.29 is 28.5 Å². The molecule has 0 saturated carbocycles. The second-order valence-corrected chi connectivity index (χ2v) is 5.88. The lowest BCUT2D eigenvalue weighted by Crippen LogP contribution is -2.18. The molecule has 0 spiro atoms. The van der Waals surface area contributed by atoms with Crippen molar-refractivity contribution >= 4 is 12.1 Å². The molecular formula is C22H28N2O6. The van der Waals surface area contributed by atoms with E-state index in [1.807, 2.05) is 20.8 Å². The van der Waals surface area contributed by atoms with Crippen LogP contribution in [0.25, 0.3) is 0 Å². The molecule has 1 amide bonds. The number of benzene rings is 2. The molecule has 0 aromatic heterocycles. The highest BCUT2D eigenvalue weighted by Crippen LogP contribution is 2.39. The van der Waals surface area contributed by atoms with Crippen molar-refractivity contribution in [3.63, 3.8) is 0 Å². The number of nitrogens with zero attached hydrogens (tertiary/aromatic N) is 1. The van der Waals surface area contributed by atoms with Crippen molar-refractivity contribution in [1.29, 1.82) is 0 Å². The minimum Gasteiger partial charge on any atom is -0.493 e. The first-order valence-electron chi connectivity index (χ1n) is 9.70. The third-order valence-corrected chi connectivity index (χ3v) is 3.97. The van der Waals surface area contributed by atoms with Crippen LogP contribution in [0.4, 0.5) is 0 Å². The Morgan fingerprint density at radius 3 is 2.07 bits per heavy atom. The van der Waals surface area contributed by atoms with Crippen LogP contribution in [0.2, 0.25) is 0 Å². The van der Waals surface area contributed by atoms with E-state index in [2.05, 4.69) is 10.5 Å². The summed E-state index contributed by atoms with van der Waals surface area (Å²) in [5, 5.41) is 4.04. The quantitative estimate of drug-likeness (QED) is 0.444. The highest BCUT2D eigenvalue weighted by Gasteiger charge is 2.18. The van der Waals surface area contributed by atoms with Crippen molar-refractivity contribution in [1.82, 2.24) is 5.43 Å². The number of hydrazone groups is 1. The monoisotopic (exact) mass is 416 g/mol. The lowest BCUT2D eigenvalue weighted by molar-refractivity contribution is 0.0954. The third-order valence-electron chi connectivity index (χ3n) is 3.97. The largest absolute Gasteiger partial charge is 0.493 e. The molecule has 0 bridgehead atoms. The van der Waals surface area contributed by atoms with Crippen LogP contribution < -0.4 is 29.1 Å². The molecule has 2 aromatic carbocycles. The Balaban J connectivity index is 2.27. The fraction of sp³-hybridized carbons (Fsp3) is 0.364. The van der Waals surface area contributed by atoms with Gasteiger partial charge < -0.3 is 23.7 Å². The van der Waals surface area contributed by atoms with Gasteiger partial charge >= 0.3 is 0 Å². The molecule has 0 fully saturated rings. The number of carbonyl (C=O) groups excluding carboxylic acids is 1. The molecule has 0 aliphatic carbocycles. The number of amides is 1. The molecule has 0 saturated heterocycles. The van der Waals surface area contributed by atoms with E-state index in [0.29, 0.717) is 59.7 Å². The summed E-state index contributed by atoms with van der Waals surface area (Å²) < 4.78 is 27.6. The first-order chi connectivity index (χ1) is 14.6. The molecule has 2 rings (SSSR count). The Morgan fingerprint density at radius 2 is 1.53 bits per heavy atom. The van der Waals surface area contributed by atoms with Crippen LogP contribution in [0.5, 0.6) is 28.7 Å². The Labute approximate surface area is 176 Å². The number of hydrogen-bond acceptors (Lipinski definition) is 7. The fourth-order valence-corrected chi connectivity index (χ4v) is 2.76. The maximum absolute atomic E-state index is 12.7. The van der Waals surface area contributed by atoms with Gasteiger partial charge in [0.25, 0.3) is 5.91 Å². The Bertz CT molecular complexity index is 855. The third kappa shape index (κ3) is 5.56. The number of methoxy groups -OCH3 is 2. The maximum Gasteiger partial charge on any atom is 0.271 e. The van der Waals surface area contributed by atoms with Crippen LogP contribution in [-0.4, -0.2) is 46.2 Å². The van der Waals surface area contributed by atoms with Gasteiger partial charge in [0.2, 0.25) is 5.75 Å². The second kappa shape index (κ2) is 11.5. The van der Waals surface area contributed by atoms with Crippen molar-refractivity contribution in [3.05, 3.63) is 41.5 Å². The van der Waals surface area contributed by atoms with Gasteiger partial charge in [0.1, 0.15) is 0 Å². The lowest BCUT2D eigenvalue weighted by Gasteiger charge is -2.16. The van der Waals surface area contributed by atoms with Crippen LogP contribution >= 0.6 is 0 Å². The molecule has 0 aliphatic heterocycles. The molecular weight excluding hydrogens is 388 g/mol. The fourth-order valence-electron chi connectivity index (χ4n) is 2.76. The van der Waals surface area contributed by atoms with E-state index in [0.717, 1.165) is 0 Å². The summed E-state index contributed by atoms with van der Waals surface area (Å²) >= 11 is 0. The van der Waals surface area contributed by atoms with E-state index in [4.69, 9.17) is 23.7 Å². The summed E-state index contributed by atoms with van der Waals surface area (Å²) in [5.74, 6) is 2.03. The van der Waals surface area contributed by atoms with Gasteiger partial charge in [-0.1, -0.05) is 6.07 Å². The van der Waals surface area contributed by atoms with E-state index in [-0.39, 0.29) is 0 Å². The minimum atomic E-state index is -0.418. The van der Waals surface area contributed by atoms with Crippen LogP contribution in [0.1, 0.15) is 36.7 Å². The molecule has 162 valence electrons. The lowest BCUT2D eigenvalue weighted by atomic mass is 10.1. The van der Waals surface area contributed by atoms with Crippen molar-refractivity contribution in [3.8, 4) is 28.7 Å². The second-order valence-electron chi connectivity index (χ2n) is 5.88. The van der Waals surface area contributed by atoms with Crippen LogP contribution in [0.3, 0.4) is 0 Å². The van der Waals surface area contributed by atoms with Gasteiger partial charge in [-0.05, 0) is 45.0 Å². The van der Waals surface area contributed by atoms with Gasteiger partial charge in [-0.15, -0.1) is 0 Å². The Kier molecular flexibility index (Phi) is 8.80. The SMILES string of the molecule is CCOc1cc(C(=O)N/N=C\c2cccc(OC)c2OC)cc(OCC)c1OCC. The van der Waals surface area contributed by atoms with Crippen LogP contribution in [-0.2, 0) is 0 Å². The van der Waals surface area contributed by atoms with Crippen LogP contribution in [0, 0.1) is 0 Å². The highest BCUT2D eigenvalue weighted by atomic mass is 16.5. The van der Waals surface area contributed by atoms with E-state index in [1.54, 1.807) is 37.4 Å². The zero-order chi connectivity index (χ0) is 21.9. The van der Waals surface area contributed by atoms with Crippen molar-refractivity contribution in [2.24, 2.45) is 5.10 Å². The summed E-state index contributed by atoms with van der Waals surface area (Å²) in [6, 6.07) is 8.59. The molecule has 8 nitrogen and oxygen atoms in total. The highest BCUT2D eigenvalue weighted by molar-refractivity contribution is 5.96. The first-order valence-corrected chi connectivity index (χ1v) is 9.70. The Hall–Kier alpha value is -3.42. The maximum atomic E-state index is 12.7. The predicted octanol–water partition coefficient (Wildman–Crippen LogP) is 3.66. The molecule has 0 radical (unpaired) electrons. The van der Waals surface area contributed by atoms with Crippen molar-refractivity contribution in [2.45, 2.75) is 20.8 Å².